The highest BCUT2D eigenvalue weighted by atomic mass is 16.5. The molecule has 5 nitrogen and oxygen atoms in total. The van der Waals surface area contributed by atoms with E-state index in [9.17, 15) is 9.59 Å². The molecule has 1 aliphatic rings. The number of hydrogen-bond donors (Lipinski definition) is 0. The summed E-state index contributed by atoms with van der Waals surface area (Å²) in [6, 6.07) is 5.11. The standard InChI is InChI=1S/C13H12O5/c1-16-9-4-3-8(12(6-9)17-2)5-10-11(14)7-18-13(10)15/h3-6H,7H2,1-2H3/b10-5-. The summed E-state index contributed by atoms with van der Waals surface area (Å²) < 4.78 is 14.9. The summed E-state index contributed by atoms with van der Waals surface area (Å²) in [5, 5.41) is 0. The van der Waals surface area contributed by atoms with Crippen LogP contribution in [0.15, 0.2) is 23.8 Å². The van der Waals surface area contributed by atoms with E-state index in [2.05, 4.69) is 4.74 Å². The van der Waals surface area contributed by atoms with Crippen molar-refractivity contribution in [2.75, 3.05) is 20.8 Å². The van der Waals surface area contributed by atoms with Crippen LogP contribution in [-0.4, -0.2) is 32.6 Å². The topological polar surface area (TPSA) is 61.8 Å². The smallest absolute Gasteiger partial charge is 0.342 e. The molecule has 2 rings (SSSR count). The normalized spacial score (nSPS) is 16.9. The number of ketones is 1. The van der Waals surface area contributed by atoms with Crippen molar-refractivity contribution in [1.29, 1.82) is 0 Å². The van der Waals surface area contributed by atoms with E-state index < -0.39 is 5.97 Å². The van der Waals surface area contributed by atoms with Crippen LogP contribution in [0, 0.1) is 0 Å². The molecule has 0 radical (unpaired) electrons. The summed E-state index contributed by atoms with van der Waals surface area (Å²) in [6.45, 7) is -0.191. The van der Waals surface area contributed by atoms with Gasteiger partial charge in [-0.2, -0.15) is 0 Å². The molecule has 0 spiro atoms. The Morgan fingerprint density at radius 3 is 2.56 bits per heavy atom. The second kappa shape index (κ2) is 4.91. The monoisotopic (exact) mass is 248 g/mol. The van der Waals surface area contributed by atoms with Crippen LogP contribution >= 0.6 is 0 Å². The minimum absolute atomic E-state index is 0.0402. The fourth-order valence-electron chi connectivity index (χ4n) is 1.63. The summed E-state index contributed by atoms with van der Waals surface area (Å²) in [4.78, 5) is 22.8. The van der Waals surface area contributed by atoms with Crippen molar-refractivity contribution < 1.29 is 23.8 Å². The van der Waals surface area contributed by atoms with Crippen LogP contribution in [0.2, 0.25) is 0 Å². The molecule has 0 N–H and O–H groups in total. The maximum Gasteiger partial charge on any atom is 0.342 e. The van der Waals surface area contributed by atoms with Crippen LogP contribution in [0.1, 0.15) is 5.56 Å². The number of methoxy groups -OCH3 is 2. The van der Waals surface area contributed by atoms with E-state index in [0.717, 1.165) is 0 Å². The number of hydrogen-bond acceptors (Lipinski definition) is 5. The Labute approximate surface area is 104 Å². The van der Waals surface area contributed by atoms with Crippen LogP contribution in [0.25, 0.3) is 6.08 Å². The zero-order valence-corrected chi connectivity index (χ0v) is 10.1. The molecule has 94 valence electrons. The molecule has 0 saturated carbocycles. The lowest BCUT2D eigenvalue weighted by Crippen LogP contribution is -2.01. The largest absolute Gasteiger partial charge is 0.497 e. The van der Waals surface area contributed by atoms with Gasteiger partial charge in [-0.1, -0.05) is 0 Å². The highest BCUT2D eigenvalue weighted by molar-refractivity contribution is 6.24. The molecular formula is C13H12O5. The summed E-state index contributed by atoms with van der Waals surface area (Å²) in [6.07, 6.45) is 1.47. The van der Waals surface area contributed by atoms with E-state index in [1.807, 2.05) is 0 Å². The first kappa shape index (κ1) is 12.2. The minimum atomic E-state index is -0.599. The lowest BCUT2D eigenvalue weighted by molar-refractivity contribution is -0.135. The predicted octanol–water partition coefficient (Wildman–Crippen LogP) is 1.21. The van der Waals surface area contributed by atoms with E-state index in [1.165, 1.54) is 13.2 Å². The third-order valence-electron chi connectivity index (χ3n) is 2.60. The van der Waals surface area contributed by atoms with Gasteiger partial charge in [0.2, 0.25) is 5.78 Å². The Morgan fingerprint density at radius 1 is 1.22 bits per heavy atom. The summed E-state index contributed by atoms with van der Waals surface area (Å²) in [7, 11) is 3.05. The first-order chi connectivity index (χ1) is 8.65. The molecule has 0 unspecified atom stereocenters. The summed E-state index contributed by atoms with van der Waals surface area (Å²) in [5.74, 6) is 0.236. The fourth-order valence-corrected chi connectivity index (χ4v) is 1.63. The number of benzene rings is 1. The van der Waals surface area contributed by atoms with E-state index >= 15 is 0 Å². The number of carbonyl (C=O) groups excluding carboxylic acids is 2. The van der Waals surface area contributed by atoms with Gasteiger partial charge in [-0.25, -0.2) is 4.79 Å². The zero-order chi connectivity index (χ0) is 13.1. The first-order valence-corrected chi connectivity index (χ1v) is 5.29. The molecule has 1 aromatic carbocycles. The maximum absolute atomic E-state index is 11.4. The molecule has 0 aliphatic carbocycles. The SMILES string of the molecule is COc1ccc(/C=C2/C(=O)COC2=O)c(OC)c1. The lowest BCUT2D eigenvalue weighted by atomic mass is 10.1. The molecular weight excluding hydrogens is 236 g/mol. The van der Waals surface area contributed by atoms with Crippen LogP contribution in [0.5, 0.6) is 11.5 Å². The Hall–Kier alpha value is -2.30. The van der Waals surface area contributed by atoms with Crippen LogP contribution in [-0.2, 0) is 14.3 Å². The van der Waals surface area contributed by atoms with Crippen LogP contribution < -0.4 is 9.47 Å². The van der Waals surface area contributed by atoms with Crippen LogP contribution in [0.3, 0.4) is 0 Å². The summed E-state index contributed by atoms with van der Waals surface area (Å²) in [5.41, 5.74) is 0.666. The molecule has 0 bridgehead atoms. The number of carbonyl (C=O) groups is 2. The molecule has 5 heteroatoms. The lowest BCUT2D eigenvalue weighted by Gasteiger charge is -2.07. The predicted molar refractivity (Wildman–Crippen MR) is 63.5 cm³/mol. The van der Waals surface area contributed by atoms with Gasteiger partial charge in [0.1, 0.15) is 17.1 Å². The first-order valence-electron chi connectivity index (χ1n) is 5.29. The molecule has 0 aromatic heterocycles. The second-order valence-electron chi connectivity index (χ2n) is 3.67. The van der Waals surface area contributed by atoms with Crippen molar-refractivity contribution in [1.82, 2.24) is 0 Å². The van der Waals surface area contributed by atoms with Crippen molar-refractivity contribution >= 4 is 17.8 Å². The fraction of sp³-hybridized carbons (Fsp3) is 0.231. The molecule has 1 aliphatic heterocycles. The third-order valence-corrected chi connectivity index (χ3v) is 2.60. The number of cyclic esters (lactones) is 1. The molecule has 0 amide bonds. The van der Waals surface area contributed by atoms with E-state index in [0.29, 0.717) is 17.1 Å². The quantitative estimate of drug-likeness (QED) is 0.457. The molecule has 1 saturated heterocycles. The Morgan fingerprint density at radius 2 is 2.00 bits per heavy atom. The number of esters is 1. The van der Waals surface area contributed by atoms with Crippen LogP contribution in [0.4, 0.5) is 0 Å². The second-order valence-corrected chi connectivity index (χ2v) is 3.67. The highest BCUT2D eigenvalue weighted by Crippen LogP contribution is 2.27. The van der Waals surface area contributed by atoms with Gasteiger partial charge in [0.25, 0.3) is 0 Å². The Balaban J connectivity index is 2.42. The molecule has 18 heavy (non-hydrogen) atoms. The maximum atomic E-state index is 11.4. The van der Waals surface area contributed by atoms with Crippen molar-refractivity contribution in [3.8, 4) is 11.5 Å². The third kappa shape index (κ3) is 2.20. The van der Waals surface area contributed by atoms with E-state index in [4.69, 9.17) is 9.47 Å². The molecule has 1 heterocycles. The zero-order valence-electron chi connectivity index (χ0n) is 10.1. The number of Topliss-reactive ketones (excluding diaryl/α,β-unsaturated/α-hetero) is 1. The van der Waals surface area contributed by atoms with Gasteiger partial charge in [0.05, 0.1) is 14.2 Å². The van der Waals surface area contributed by atoms with Gasteiger partial charge in [0, 0.05) is 11.6 Å². The highest BCUT2D eigenvalue weighted by Gasteiger charge is 2.28. The number of rotatable bonds is 3. The molecule has 1 fully saturated rings. The van der Waals surface area contributed by atoms with Gasteiger partial charge in [-0.15, -0.1) is 0 Å². The van der Waals surface area contributed by atoms with E-state index in [-0.39, 0.29) is 18.0 Å². The van der Waals surface area contributed by atoms with Crippen molar-refractivity contribution in [2.45, 2.75) is 0 Å². The van der Waals surface area contributed by atoms with Gasteiger partial charge >= 0.3 is 5.97 Å². The number of ether oxygens (including phenoxy) is 3. The van der Waals surface area contributed by atoms with Crippen molar-refractivity contribution in [3.05, 3.63) is 29.3 Å². The minimum Gasteiger partial charge on any atom is -0.497 e. The summed E-state index contributed by atoms with van der Waals surface area (Å²) >= 11 is 0. The van der Waals surface area contributed by atoms with Gasteiger partial charge in [-0.3, -0.25) is 4.79 Å². The Bertz CT molecular complexity index is 512. The average Bonchev–Trinajstić information content (AvgIpc) is 2.71. The van der Waals surface area contributed by atoms with Gasteiger partial charge in [0.15, 0.2) is 6.61 Å². The van der Waals surface area contributed by atoms with E-state index in [1.54, 1.807) is 25.3 Å². The van der Waals surface area contributed by atoms with Gasteiger partial charge in [-0.05, 0) is 18.2 Å². The average molecular weight is 248 g/mol. The van der Waals surface area contributed by atoms with Crippen molar-refractivity contribution in [3.63, 3.8) is 0 Å². The molecule has 1 aromatic rings. The molecule has 0 atom stereocenters. The van der Waals surface area contributed by atoms with Crippen molar-refractivity contribution in [2.24, 2.45) is 0 Å². The van der Waals surface area contributed by atoms with Gasteiger partial charge < -0.3 is 14.2 Å². The Kier molecular flexibility index (Phi) is 3.32.